The lowest BCUT2D eigenvalue weighted by Gasteiger charge is -2.28. The second-order valence-electron chi connectivity index (χ2n) is 7.39. The first-order valence-corrected chi connectivity index (χ1v) is 9.55. The Balaban J connectivity index is 1.51. The summed E-state index contributed by atoms with van der Waals surface area (Å²) in [5.41, 5.74) is 1.77. The minimum atomic E-state index is -2.55. The topological polar surface area (TPSA) is 29.1 Å². The van der Waals surface area contributed by atoms with Crippen molar-refractivity contribution in [3.8, 4) is 11.8 Å². The summed E-state index contributed by atoms with van der Waals surface area (Å²) in [5.74, 6) is 3.17. The van der Waals surface area contributed by atoms with Crippen molar-refractivity contribution in [2.24, 2.45) is 5.92 Å². The molecule has 0 spiro atoms. The van der Waals surface area contributed by atoms with E-state index < -0.39 is 12.1 Å². The van der Waals surface area contributed by atoms with Crippen LogP contribution in [-0.4, -0.2) is 24.5 Å². The van der Waals surface area contributed by atoms with Gasteiger partial charge in [0.15, 0.2) is 0 Å². The van der Waals surface area contributed by atoms with Crippen molar-refractivity contribution in [1.29, 1.82) is 0 Å². The molecule has 1 atom stereocenters. The smallest absolute Gasteiger partial charge is 0.251 e. The quantitative estimate of drug-likeness (QED) is 0.737. The van der Waals surface area contributed by atoms with Gasteiger partial charge in [-0.15, -0.1) is 0 Å². The zero-order valence-corrected chi connectivity index (χ0v) is 15.2. The van der Waals surface area contributed by atoms with E-state index in [1.54, 1.807) is 24.3 Å². The highest BCUT2D eigenvalue weighted by Crippen LogP contribution is 2.35. The molecule has 0 bridgehead atoms. The highest BCUT2D eigenvalue weighted by molar-refractivity contribution is 5.94. The number of halogens is 3. The lowest BCUT2D eigenvalue weighted by atomic mass is 9.87. The molecule has 0 heterocycles. The summed E-state index contributed by atoms with van der Waals surface area (Å²) in [6, 6.07) is 6.83. The SMILES string of the molecule is O=C(NCC1CCC(F)(F)CC1)c1ccc(C#CC2=CCCCC2F)cc1. The lowest BCUT2D eigenvalue weighted by Crippen LogP contribution is -2.33. The summed E-state index contributed by atoms with van der Waals surface area (Å²) >= 11 is 0. The van der Waals surface area contributed by atoms with Crippen LogP contribution in [0.15, 0.2) is 35.9 Å². The van der Waals surface area contributed by atoms with Gasteiger partial charge in [0.1, 0.15) is 6.17 Å². The summed E-state index contributed by atoms with van der Waals surface area (Å²) in [5, 5.41) is 2.83. The van der Waals surface area contributed by atoms with Gasteiger partial charge in [-0.05, 0) is 62.3 Å². The van der Waals surface area contributed by atoms with E-state index in [2.05, 4.69) is 17.2 Å². The van der Waals surface area contributed by atoms with Crippen LogP contribution in [0.3, 0.4) is 0 Å². The number of carbonyl (C=O) groups excluding carboxylic acids is 1. The number of nitrogens with one attached hydrogen (secondary N) is 1. The average molecular weight is 375 g/mol. The molecule has 0 aromatic heterocycles. The predicted octanol–water partition coefficient (Wildman–Crippen LogP) is 5.04. The van der Waals surface area contributed by atoms with Crippen LogP contribution in [-0.2, 0) is 0 Å². The Morgan fingerprint density at radius 1 is 1.11 bits per heavy atom. The molecule has 1 amide bonds. The fraction of sp³-hybridized carbons (Fsp3) is 0.500. The maximum Gasteiger partial charge on any atom is 0.251 e. The number of hydrogen-bond donors (Lipinski definition) is 1. The molecule has 5 heteroatoms. The normalized spacial score (nSPS) is 22.3. The van der Waals surface area contributed by atoms with Gasteiger partial charge < -0.3 is 5.32 Å². The van der Waals surface area contributed by atoms with E-state index in [9.17, 15) is 18.0 Å². The summed E-state index contributed by atoms with van der Waals surface area (Å²) in [6.45, 7) is 0.419. The Bertz CT molecular complexity index is 748. The van der Waals surface area contributed by atoms with Crippen LogP contribution in [0.1, 0.15) is 60.9 Å². The minimum Gasteiger partial charge on any atom is -0.352 e. The van der Waals surface area contributed by atoms with Crippen molar-refractivity contribution < 1.29 is 18.0 Å². The van der Waals surface area contributed by atoms with Crippen LogP contribution in [0.25, 0.3) is 0 Å². The fourth-order valence-corrected chi connectivity index (χ4v) is 3.46. The third-order valence-corrected chi connectivity index (χ3v) is 5.25. The second-order valence-corrected chi connectivity index (χ2v) is 7.39. The maximum absolute atomic E-state index is 13.7. The first-order valence-electron chi connectivity index (χ1n) is 9.55. The number of alkyl halides is 3. The monoisotopic (exact) mass is 375 g/mol. The van der Waals surface area contributed by atoms with E-state index in [4.69, 9.17) is 0 Å². The molecule has 144 valence electrons. The summed E-state index contributed by atoms with van der Waals surface area (Å²) < 4.78 is 40.1. The summed E-state index contributed by atoms with van der Waals surface area (Å²) in [6.07, 6.45) is 3.80. The Morgan fingerprint density at radius 3 is 2.48 bits per heavy atom. The highest BCUT2D eigenvalue weighted by Gasteiger charge is 2.34. The molecule has 2 aliphatic rings. The van der Waals surface area contributed by atoms with Crippen LogP contribution in [0.5, 0.6) is 0 Å². The number of carbonyl (C=O) groups is 1. The van der Waals surface area contributed by atoms with Gasteiger partial charge in [0.05, 0.1) is 0 Å². The van der Waals surface area contributed by atoms with Crippen LogP contribution < -0.4 is 5.32 Å². The number of amides is 1. The lowest BCUT2D eigenvalue weighted by molar-refractivity contribution is -0.0452. The Hall–Kier alpha value is -2.22. The zero-order chi connectivity index (χ0) is 19.3. The van der Waals surface area contributed by atoms with E-state index in [-0.39, 0.29) is 24.7 Å². The third-order valence-electron chi connectivity index (χ3n) is 5.25. The molecule has 3 rings (SSSR count). The van der Waals surface area contributed by atoms with Crippen LogP contribution in [0.2, 0.25) is 0 Å². The van der Waals surface area contributed by atoms with Gasteiger partial charge in [0.2, 0.25) is 5.92 Å². The molecule has 1 fully saturated rings. The van der Waals surface area contributed by atoms with Crippen molar-refractivity contribution >= 4 is 5.91 Å². The van der Waals surface area contributed by atoms with E-state index in [0.717, 1.165) is 18.4 Å². The first-order chi connectivity index (χ1) is 12.9. The van der Waals surface area contributed by atoms with Gasteiger partial charge in [-0.2, -0.15) is 0 Å². The standard InChI is InChI=1S/C22H24F3NO/c23-20-4-2-1-3-18(20)8-5-16-6-9-19(10-7-16)21(27)26-15-17-11-13-22(24,25)14-12-17/h3,6-7,9-10,17,20H,1-2,4,11-15H2,(H,26,27). The van der Waals surface area contributed by atoms with E-state index in [0.29, 0.717) is 36.9 Å². The zero-order valence-electron chi connectivity index (χ0n) is 15.2. The van der Waals surface area contributed by atoms with Gasteiger partial charge in [-0.3, -0.25) is 4.79 Å². The van der Waals surface area contributed by atoms with Gasteiger partial charge in [0.25, 0.3) is 5.91 Å². The van der Waals surface area contributed by atoms with Gasteiger partial charge in [-0.25, -0.2) is 13.2 Å². The number of rotatable bonds is 3. The van der Waals surface area contributed by atoms with Crippen molar-refractivity contribution in [2.75, 3.05) is 6.54 Å². The molecule has 1 unspecified atom stereocenters. The minimum absolute atomic E-state index is 0.100. The Morgan fingerprint density at radius 2 is 1.81 bits per heavy atom. The Labute approximate surface area is 158 Å². The second kappa shape index (κ2) is 8.65. The van der Waals surface area contributed by atoms with Gasteiger partial charge in [-0.1, -0.05) is 17.9 Å². The molecule has 27 heavy (non-hydrogen) atoms. The van der Waals surface area contributed by atoms with Crippen molar-refractivity contribution in [3.63, 3.8) is 0 Å². The van der Waals surface area contributed by atoms with Crippen molar-refractivity contribution in [1.82, 2.24) is 5.32 Å². The molecule has 0 radical (unpaired) electrons. The molecule has 2 aliphatic carbocycles. The maximum atomic E-state index is 13.7. The average Bonchev–Trinajstić information content (AvgIpc) is 2.67. The summed E-state index contributed by atoms with van der Waals surface area (Å²) in [4.78, 5) is 12.2. The molecular weight excluding hydrogens is 351 g/mol. The number of benzene rings is 1. The molecule has 1 saturated carbocycles. The van der Waals surface area contributed by atoms with E-state index >= 15 is 0 Å². The molecular formula is C22H24F3NO. The first kappa shape index (κ1) is 19.5. The number of hydrogen-bond acceptors (Lipinski definition) is 1. The molecule has 1 N–H and O–H groups in total. The summed E-state index contributed by atoms with van der Waals surface area (Å²) in [7, 11) is 0. The third kappa shape index (κ3) is 5.63. The van der Waals surface area contributed by atoms with Crippen LogP contribution in [0.4, 0.5) is 13.2 Å². The molecule has 0 aliphatic heterocycles. The van der Waals surface area contributed by atoms with Crippen molar-refractivity contribution in [2.45, 2.75) is 57.0 Å². The van der Waals surface area contributed by atoms with E-state index in [1.165, 1.54) is 0 Å². The molecule has 1 aromatic rings. The highest BCUT2D eigenvalue weighted by atomic mass is 19.3. The van der Waals surface area contributed by atoms with Gasteiger partial charge in [0, 0.05) is 36.1 Å². The Kier molecular flexibility index (Phi) is 6.26. The van der Waals surface area contributed by atoms with Crippen molar-refractivity contribution in [3.05, 3.63) is 47.0 Å². The fourth-order valence-electron chi connectivity index (χ4n) is 3.46. The molecule has 0 saturated heterocycles. The van der Waals surface area contributed by atoms with Crippen LogP contribution >= 0.6 is 0 Å². The van der Waals surface area contributed by atoms with E-state index in [1.807, 2.05) is 6.08 Å². The molecule has 2 nitrogen and oxygen atoms in total. The predicted molar refractivity (Wildman–Crippen MR) is 99.4 cm³/mol. The molecule has 1 aromatic carbocycles. The number of allylic oxidation sites excluding steroid dienone is 2. The van der Waals surface area contributed by atoms with Crippen LogP contribution in [0, 0.1) is 17.8 Å². The van der Waals surface area contributed by atoms with Gasteiger partial charge >= 0.3 is 0 Å². The largest absolute Gasteiger partial charge is 0.352 e.